The first-order valence-corrected chi connectivity index (χ1v) is 9.60. The molecule has 27 heavy (non-hydrogen) atoms. The van der Waals surface area contributed by atoms with Gasteiger partial charge in [0.1, 0.15) is 6.61 Å². The summed E-state index contributed by atoms with van der Waals surface area (Å²) < 4.78 is 12.7. The molecule has 148 valence electrons. The zero-order chi connectivity index (χ0) is 18.3. The molecule has 0 amide bonds. The minimum absolute atomic E-state index is 0. The van der Waals surface area contributed by atoms with Crippen molar-refractivity contribution in [2.75, 3.05) is 33.4 Å². The molecular weight excluding hydrogens is 364 g/mol. The third-order valence-corrected chi connectivity index (χ3v) is 6.15. The molecule has 1 aromatic carbocycles. The van der Waals surface area contributed by atoms with Gasteiger partial charge < -0.3 is 14.0 Å². The van der Waals surface area contributed by atoms with Crippen LogP contribution in [0.25, 0.3) is 10.9 Å². The first-order chi connectivity index (χ1) is 12.6. The van der Waals surface area contributed by atoms with Crippen molar-refractivity contribution in [3.05, 3.63) is 35.5 Å². The predicted molar refractivity (Wildman–Crippen MR) is 109 cm³/mol. The molecule has 0 spiro atoms. The predicted octanol–water partition coefficient (Wildman–Crippen LogP) is 3.14. The molecule has 1 aromatic heterocycles. The topological polar surface area (TPSA) is 43.7 Å². The van der Waals surface area contributed by atoms with Crippen molar-refractivity contribution in [1.82, 2.24) is 9.47 Å². The number of fused-ring (bicyclic) bond motifs is 2. The van der Waals surface area contributed by atoms with E-state index in [0.717, 1.165) is 25.9 Å². The molecule has 0 radical (unpaired) electrons. The van der Waals surface area contributed by atoms with Crippen LogP contribution < -0.4 is 0 Å². The van der Waals surface area contributed by atoms with Gasteiger partial charge in [0.15, 0.2) is 0 Å². The summed E-state index contributed by atoms with van der Waals surface area (Å²) >= 11 is 0. The number of hydrogen-bond acceptors (Lipinski definition) is 4. The van der Waals surface area contributed by atoms with E-state index in [2.05, 4.69) is 47.8 Å². The molecule has 1 saturated heterocycles. The molecule has 1 aliphatic heterocycles. The summed E-state index contributed by atoms with van der Waals surface area (Å²) in [5, 5.41) is 1.40. The second-order valence-electron chi connectivity index (χ2n) is 7.57. The lowest BCUT2D eigenvalue weighted by atomic mass is 9.72. The Hall–Kier alpha value is -1.56. The molecule has 6 heteroatoms. The molecule has 2 aliphatic rings. The summed E-state index contributed by atoms with van der Waals surface area (Å²) in [6.07, 6.45) is 4.22. The molecule has 1 fully saturated rings. The molecule has 0 bridgehead atoms. The average molecular weight is 393 g/mol. The largest absolute Gasteiger partial charge is 0.463 e. The van der Waals surface area contributed by atoms with Gasteiger partial charge in [-0.2, -0.15) is 0 Å². The SMILES string of the molecule is CCN1C[C@H](C(=O)OCCOC)C[C@@H]2c3cccc4c3c(cn4C)C[C@H]21.Cl. The number of likely N-dealkylation sites (N-methyl/N-ethyl adjacent to an activating group) is 1. The molecule has 3 atom stereocenters. The van der Waals surface area contributed by atoms with E-state index in [1.807, 2.05) is 0 Å². The van der Waals surface area contributed by atoms with E-state index in [1.165, 1.54) is 22.0 Å². The lowest BCUT2D eigenvalue weighted by molar-refractivity contribution is -0.152. The van der Waals surface area contributed by atoms with Gasteiger partial charge in [-0.25, -0.2) is 0 Å². The van der Waals surface area contributed by atoms with Crippen LogP contribution in [0.3, 0.4) is 0 Å². The number of methoxy groups -OCH3 is 1. The molecular formula is C21H29ClN2O3. The quantitative estimate of drug-likeness (QED) is 0.579. The summed E-state index contributed by atoms with van der Waals surface area (Å²) in [6, 6.07) is 7.08. The van der Waals surface area contributed by atoms with Crippen LogP contribution in [-0.4, -0.2) is 54.9 Å². The highest BCUT2D eigenvalue weighted by atomic mass is 35.5. The number of esters is 1. The Balaban J connectivity index is 0.00000210. The summed E-state index contributed by atoms with van der Waals surface area (Å²) in [6.45, 7) is 4.73. The Morgan fingerprint density at radius 3 is 2.85 bits per heavy atom. The highest BCUT2D eigenvalue weighted by molar-refractivity contribution is 5.89. The molecule has 1 aliphatic carbocycles. The van der Waals surface area contributed by atoms with Gasteiger partial charge in [-0.15, -0.1) is 12.4 Å². The van der Waals surface area contributed by atoms with Gasteiger partial charge in [0.25, 0.3) is 0 Å². The molecule has 4 rings (SSSR count). The second kappa shape index (κ2) is 8.21. The number of likely N-dealkylation sites (tertiary alicyclic amines) is 1. The number of carbonyl (C=O) groups is 1. The van der Waals surface area contributed by atoms with E-state index < -0.39 is 0 Å². The van der Waals surface area contributed by atoms with Gasteiger partial charge in [-0.05, 0) is 36.6 Å². The van der Waals surface area contributed by atoms with Crippen LogP contribution in [0.1, 0.15) is 30.4 Å². The normalized spacial score (nSPS) is 24.3. The molecule has 5 nitrogen and oxygen atoms in total. The van der Waals surface area contributed by atoms with Crippen molar-refractivity contribution < 1.29 is 14.3 Å². The fourth-order valence-corrected chi connectivity index (χ4v) is 4.95. The van der Waals surface area contributed by atoms with E-state index in [1.54, 1.807) is 7.11 Å². The van der Waals surface area contributed by atoms with E-state index in [4.69, 9.17) is 9.47 Å². The number of rotatable bonds is 5. The lowest BCUT2D eigenvalue weighted by Gasteiger charge is -2.46. The summed E-state index contributed by atoms with van der Waals surface area (Å²) in [4.78, 5) is 15.1. The summed E-state index contributed by atoms with van der Waals surface area (Å²) in [7, 11) is 3.75. The zero-order valence-corrected chi connectivity index (χ0v) is 17.1. The Labute approximate surface area is 167 Å². The van der Waals surface area contributed by atoms with Crippen LogP contribution in [0.4, 0.5) is 0 Å². The van der Waals surface area contributed by atoms with Gasteiger partial charge >= 0.3 is 5.97 Å². The van der Waals surface area contributed by atoms with Gasteiger partial charge in [-0.3, -0.25) is 9.69 Å². The lowest BCUT2D eigenvalue weighted by Crippen LogP contribution is -2.51. The molecule has 2 aromatic rings. The van der Waals surface area contributed by atoms with Crippen molar-refractivity contribution in [2.24, 2.45) is 13.0 Å². The monoisotopic (exact) mass is 392 g/mol. The number of aromatic nitrogens is 1. The maximum absolute atomic E-state index is 12.6. The summed E-state index contributed by atoms with van der Waals surface area (Å²) in [5.41, 5.74) is 4.14. The average Bonchev–Trinajstić information content (AvgIpc) is 2.98. The fourth-order valence-electron chi connectivity index (χ4n) is 4.95. The smallest absolute Gasteiger partial charge is 0.310 e. The number of hydrogen-bond donors (Lipinski definition) is 0. The van der Waals surface area contributed by atoms with Crippen LogP contribution in [-0.2, 0) is 27.7 Å². The highest BCUT2D eigenvalue weighted by Crippen LogP contribution is 2.45. The Morgan fingerprint density at radius 2 is 2.11 bits per heavy atom. The van der Waals surface area contributed by atoms with Gasteiger partial charge in [0.2, 0.25) is 0 Å². The van der Waals surface area contributed by atoms with Crippen LogP contribution in [0.15, 0.2) is 24.4 Å². The Kier molecular flexibility index (Phi) is 6.14. The van der Waals surface area contributed by atoms with Crippen LogP contribution >= 0.6 is 12.4 Å². The van der Waals surface area contributed by atoms with Gasteiger partial charge in [-0.1, -0.05) is 19.1 Å². The van der Waals surface area contributed by atoms with Gasteiger partial charge in [0.05, 0.1) is 12.5 Å². The van der Waals surface area contributed by atoms with Crippen LogP contribution in [0.5, 0.6) is 0 Å². The maximum Gasteiger partial charge on any atom is 0.310 e. The Morgan fingerprint density at radius 1 is 1.30 bits per heavy atom. The maximum atomic E-state index is 12.6. The summed E-state index contributed by atoms with van der Waals surface area (Å²) in [5.74, 6) is 0.251. The fraction of sp³-hybridized carbons (Fsp3) is 0.571. The molecule has 0 N–H and O–H groups in total. The van der Waals surface area contributed by atoms with Crippen LogP contribution in [0, 0.1) is 5.92 Å². The van der Waals surface area contributed by atoms with E-state index in [9.17, 15) is 4.79 Å². The third-order valence-electron chi connectivity index (χ3n) is 6.15. The van der Waals surface area contributed by atoms with Crippen LogP contribution in [0.2, 0.25) is 0 Å². The molecule has 0 unspecified atom stereocenters. The number of aryl methyl sites for hydroxylation is 1. The number of halogens is 1. The number of nitrogens with zero attached hydrogens (tertiary/aromatic N) is 2. The first-order valence-electron chi connectivity index (χ1n) is 9.60. The number of benzene rings is 1. The van der Waals surface area contributed by atoms with E-state index in [-0.39, 0.29) is 24.3 Å². The first kappa shape index (κ1) is 20.2. The number of piperidine rings is 1. The third kappa shape index (κ3) is 3.48. The Bertz CT molecular complexity index is 819. The van der Waals surface area contributed by atoms with Gasteiger partial charge in [0, 0.05) is 49.8 Å². The van der Waals surface area contributed by atoms with E-state index in [0.29, 0.717) is 25.2 Å². The van der Waals surface area contributed by atoms with Crippen molar-refractivity contribution in [1.29, 1.82) is 0 Å². The number of carbonyl (C=O) groups excluding carboxylic acids is 1. The second-order valence-corrected chi connectivity index (χ2v) is 7.57. The minimum atomic E-state index is -0.0787. The molecule has 0 saturated carbocycles. The minimum Gasteiger partial charge on any atom is -0.463 e. The van der Waals surface area contributed by atoms with Crippen molar-refractivity contribution in [2.45, 2.75) is 31.7 Å². The zero-order valence-electron chi connectivity index (χ0n) is 16.3. The highest BCUT2D eigenvalue weighted by Gasteiger charge is 2.42. The van der Waals surface area contributed by atoms with Crippen molar-refractivity contribution in [3.8, 4) is 0 Å². The molecule has 2 heterocycles. The standard InChI is InChI=1S/C21H28N2O3.ClH/c1-4-23-13-15(21(24)26-9-8-25-3)10-17-16-6-5-7-18-20(16)14(11-19(17)23)12-22(18)2;/h5-7,12,15,17,19H,4,8-11,13H2,1-3H3;1H/t15-,17-,19-;/m1./s1. The van der Waals surface area contributed by atoms with E-state index >= 15 is 0 Å². The van der Waals surface area contributed by atoms with Crippen molar-refractivity contribution >= 4 is 29.3 Å². The van der Waals surface area contributed by atoms with Crippen molar-refractivity contribution in [3.63, 3.8) is 0 Å². The number of ether oxygens (including phenoxy) is 2.